The molecule has 8 heteroatoms. The van der Waals surface area contributed by atoms with Gasteiger partial charge in [-0.2, -0.15) is 4.98 Å². The van der Waals surface area contributed by atoms with Gasteiger partial charge in [-0.25, -0.2) is 0 Å². The highest BCUT2D eigenvalue weighted by Gasteiger charge is 2.14. The summed E-state index contributed by atoms with van der Waals surface area (Å²) in [5.41, 5.74) is 0. The summed E-state index contributed by atoms with van der Waals surface area (Å²) < 4.78 is 10.1. The minimum Gasteiger partial charge on any atom is -0.385 e. The molecular weight excluding hydrogens is 279 g/mol. The zero-order chi connectivity index (χ0) is 13.4. The van der Waals surface area contributed by atoms with Crippen molar-refractivity contribution in [2.45, 2.75) is 6.42 Å². The Labute approximate surface area is 116 Å². The summed E-state index contributed by atoms with van der Waals surface area (Å²) in [5.74, 6) is 0.518. The summed E-state index contributed by atoms with van der Waals surface area (Å²) in [7, 11) is 3.30. The molecule has 1 heterocycles. The molecule has 102 valence electrons. The molecule has 1 aromatic heterocycles. The van der Waals surface area contributed by atoms with Gasteiger partial charge in [-0.15, -0.1) is 10.2 Å². The van der Waals surface area contributed by atoms with Gasteiger partial charge in [0.1, 0.15) is 0 Å². The Morgan fingerprint density at radius 2 is 1.78 bits per heavy atom. The molecule has 1 aromatic rings. The molecule has 0 amide bonds. The van der Waals surface area contributed by atoms with Gasteiger partial charge in [0.2, 0.25) is 5.28 Å². The van der Waals surface area contributed by atoms with E-state index in [0.29, 0.717) is 25.6 Å². The quantitative estimate of drug-likeness (QED) is 0.680. The van der Waals surface area contributed by atoms with Gasteiger partial charge in [0, 0.05) is 33.9 Å². The number of ether oxygens (including phenoxy) is 2. The summed E-state index contributed by atoms with van der Waals surface area (Å²) in [6.45, 7) is 2.60. The molecule has 0 saturated carbocycles. The van der Waals surface area contributed by atoms with E-state index in [1.165, 1.54) is 0 Å². The molecule has 0 aliphatic carbocycles. The van der Waals surface area contributed by atoms with Crippen LogP contribution in [0.2, 0.25) is 10.4 Å². The highest BCUT2D eigenvalue weighted by Crippen LogP contribution is 2.21. The predicted octanol–water partition coefficient (Wildman–Crippen LogP) is 1.67. The minimum absolute atomic E-state index is 0.0727. The first-order chi connectivity index (χ1) is 8.69. The summed E-state index contributed by atoms with van der Waals surface area (Å²) >= 11 is 11.7. The number of halogens is 2. The molecule has 0 N–H and O–H groups in total. The maximum absolute atomic E-state index is 5.97. The normalized spacial score (nSPS) is 10.7. The Balaban J connectivity index is 2.75. The Kier molecular flexibility index (Phi) is 7.19. The number of rotatable bonds is 8. The van der Waals surface area contributed by atoms with Gasteiger partial charge >= 0.3 is 0 Å². The van der Waals surface area contributed by atoms with Crippen molar-refractivity contribution in [2.75, 3.05) is 45.4 Å². The standard InChI is InChI=1S/C10H16Cl2N4O2/c1-17-6-3-4-16(5-7-18-2)9-8(11)14-15-10(12)13-9/h3-7H2,1-2H3. The molecule has 0 radical (unpaired) electrons. The van der Waals surface area contributed by atoms with Crippen molar-refractivity contribution in [3.63, 3.8) is 0 Å². The third kappa shape index (κ3) is 4.89. The molecule has 0 spiro atoms. The highest BCUT2D eigenvalue weighted by molar-refractivity contribution is 6.32. The Hall–Kier alpha value is -0.690. The number of methoxy groups -OCH3 is 2. The molecule has 0 unspecified atom stereocenters. The minimum atomic E-state index is 0.0727. The molecular formula is C10H16Cl2N4O2. The van der Waals surface area contributed by atoms with Crippen molar-refractivity contribution in [1.82, 2.24) is 15.2 Å². The van der Waals surface area contributed by atoms with E-state index in [-0.39, 0.29) is 10.4 Å². The van der Waals surface area contributed by atoms with Crippen molar-refractivity contribution in [3.05, 3.63) is 10.4 Å². The zero-order valence-electron chi connectivity index (χ0n) is 10.4. The van der Waals surface area contributed by atoms with Crippen LogP contribution in [-0.4, -0.2) is 55.7 Å². The van der Waals surface area contributed by atoms with Crippen LogP contribution in [0.5, 0.6) is 0 Å². The van der Waals surface area contributed by atoms with Gasteiger partial charge in [0.25, 0.3) is 0 Å². The van der Waals surface area contributed by atoms with Crippen LogP contribution in [0.25, 0.3) is 0 Å². The largest absolute Gasteiger partial charge is 0.385 e. The average molecular weight is 295 g/mol. The van der Waals surface area contributed by atoms with Gasteiger partial charge < -0.3 is 14.4 Å². The smallest absolute Gasteiger partial charge is 0.245 e. The van der Waals surface area contributed by atoms with Crippen molar-refractivity contribution >= 4 is 29.0 Å². The third-order valence-electron chi connectivity index (χ3n) is 2.24. The Morgan fingerprint density at radius 1 is 1.06 bits per heavy atom. The van der Waals surface area contributed by atoms with E-state index in [9.17, 15) is 0 Å². The van der Waals surface area contributed by atoms with E-state index in [1.807, 2.05) is 4.90 Å². The maximum Gasteiger partial charge on any atom is 0.245 e. The van der Waals surface area contributed by atoms with E-state index >= 15 is 0 Å². The lowest BCUT2D eigenvalue weighted by molar-refractivity contribution is 0.191. The fourth-order valence-corrected chi connectivity index (χ4v) is 1.73. The van der Waals surface area contributed by atoms with E-state index < -0.39 is 0 Å². The zero-order valence-corrected chi connectivity index (χ0v) is 11.9. The van der Waals surface area contributed by atoms with Crippen LogP contribution < -0.4 is 4.90 Å². The fraction of sp³-hybridized carbons (Fsp3) is 0.700. The summed E-state index contributed by atoms with van der Waals surface area (Å²) in [4.78, 5) is 6.04. The first-order valence-electron chi connectivity index (χ1n) is 5.47. The molecule has 0 aromatic carbocycles. The summed E-state index contributed by atoms with van der Waals surface area (Å²) in [5, 5.41) is 7.63. The van der Waals surface area contributed by atoms with Gasteiger partial charge in [-0.05, 0) is 18.0 Å². The summed E-state index contributed by atoms with van der Waals surface area (Å²) in [6.07, 6.45) is 0.845. The number of hydrogen-bond acceptors (Lipinski definition) is 6. The third-order valence-corrected chi connectivity index (χ3v) is 2.65. The first kappa shape index (κ1) is 15.4. The average Bonchev–Trinajstić information content (AvgIpc) is 2.37. The lowest BCUT2D eigenvalue weighted by Gasteiger charge is -2.23. The summed E-state index contributed by atoms with van der Waals surface area (Å²) in [6, 6.07) is 0. The SMILES string of the molecule is COCCCN(CCOC)c1nc(Cl)nnc1Cl. The van der Waals surface area contributed by atoms with E-state index in [4.69, 9.17) is 32.7 Å². The second kappa shape index (κ2) is 8.42. The number of nitrogens with zero attached hydrogens (tertiary/aromatic N) is 4. The maximum atomic E-state index is 5.97. The highest BCUT2D eigenvalue weighted by atomic mass is 35.5. The number of hydrogen-bond donors (Lipinski definition) is 0. The molecule has 0 aliphatic rings. The topological polar surface area (TPSA) is 60.4 Å². The Bertz CT molecular complexity index is 368. The molecule has 6 nitrogen and oxygen atoms in total. The van der Waals surface area contributed by atoms with Crippen LogP contribution in [0.4, 0.5) is 5.82 Å². The lowest BCUT2D eigenvalue weighted by atomic mass is 10.4. The van der Waals surface area contributed by atoms with Crippen molar-refractivity contribution in [2.24, 2.45) is 0 Å². The molecule has 0 aliphatic heterocycles. The predicted molar refractivity (Wildman–Crippen MR) is 70.4 cm³/mol. The molecule has 0 atom stereocenters. The van der Waals surface area contributed by atoms with Crippen LogP contribution in [0.3, 0.4) is 0 Å². The van der Waals surface area contributed by atoms with Crippen LogP contribution >= 0.6 is 23.2 Å². The molecule has 0 bridgehead atoms. The van der Waals surface area contributed by atoms with E-state index in [2.05, 4.69) is 15.2 Å². The monoisotopic (exact) mass is 294 g/mol. The fourth-order valence-electron chi connectivity index (χ4n) is 1.41. The lowest BCUT2D eigenvalue weighted by Crippen LogP contribution is -2.30. The first-order valence-corrected chi connectivity index (χ1v) is 6.23. The van der Waals surface area contributed by atoms with E-state index in [0.717, 1.165) is 13.0 Å². The van der Waals surface area contributed by atoms with Crippen molar-refractivity contribution in [3.8, 4) is 0 Å². The molecule has 1 rings (SSSR count). The second-order valence-electron chi connectivity index (χ2n) is 3.52. The van der Waals surface area contributed by atoms with Gasteiger partial charge in [-0.3, -0.25) is 0 Å². The second-order valence-corrected chi connectivity index (χ2v) is 4.22. The molecule has 0 fully saturated rings. The van der Waals surface area contributed by atoms with Crippen molar-refractivity contribution in [1.29, 1.82) is 0 Å². The van der Waals surface area contributed by atoms with Gasteiger partial charge in [-0.1, -0.05) is 11.6 Å². The Morgan fingerprint density at radius 3 is 2.44 bits per heavy atom. The van der Waals surface area contributed by atoms with Crippen LogP contribution in [0.1, 0.15) is 6.42 Å². The van der Waals surface area contributed by atoms with Crippen LogP contribution in [-0.2, 0) is 9.47 Å². The van der Waals surface area contributed by atoms with Gasteiger partial charge in [0.15, 0.2) is 11.0 Å². The number of aromatic nitrogens is 3. The van der Waals surface area contributed by atoms with Crippen LogP contribution in [0, 0.1) is 0 Å². The molecule has 0 saturated heterocycles. The molecule has 18 heavy (non-hydrogen) atoms. The number of anilines is 1. The van der Waals surface area contributed by atoms with Crippen molar-refractivity contribution < 1.29 is 9.47 Å². The van der Waals surface area contributed by atoms with E-state index in [1.54, 1.807) is 14.2 Å². The van der Waals surface area contributed by atoms with Gasteiger partial charge in [0.05, 0.1) is 6.61 Å². The van der Waals surface area contributed by atoms with Crippen LogP contribution in [0.15, 0.2) is 0 Å².